The number of hydrogen-bond donors (Lipinski definition) is 1. The van der Waals surface area contributed by atoms with Gasteiger partial charge in [0.2, 0.25) is 21.8 Å². The van der Waals surface area contributed by atoms with Gasteiger partial charge in [-0.2, -0.15) is 13.2 Å². The zero-order valence-electron chi connectivity index (χ0n) is 21.3. The fourth-order valence-electron chi connectivity index (χ4n) is 3.61. The Morgan fingerprint density at radius 2 is 1.62 bits per heavy atom. The summed E-state index contributed by atoms with van der Waals surface area (Å²) in [5.41, 5.74) is -1.59. The number of nitrogens with zero attached hydrogens (tertiary/aromatic N) is 2. The molecule has 2 rings (SSSR count). The maximum atomic E-state index is 13.5. The zero-order valence-corrected chi connectivity index (χ0v) is 22.1. The number of halogens is 4. The van der Waals surface area contributed by atoms with E-state index < -0.39 is 57.5 Å². The lowest BCUT2D eigenvalue weighted by Gasteiger charge is -2.34. The van der Waals surface area contributed by atoms with Crippen molar-refractivity contribution in [2.24, 2.45) is 0 Å². The van der Waals surface area contributed by atoms with Gasteiger partial charge in [0.05, 0.1) is 17.5 Å². The van der Waals surface area contributed by atoms with Gasteiger partial charge in [-0.25, -0.2) is 12.8 Å². The molecule has 0 aliphatic heterocycles. The van der Waals surface area contributed by atoms with Crippen LogP contribution in [0.4, 0.5) is 23.2 Å². The van der Waals surface area contributed by atoms with Crippen molar-refractivity contribution in [3.8, 4) is 0 Å². The Labute approximate surface area is 214 Å². The molecule has 1 atom stereocenters. The number of sulfonamides is 1. The van der Waals surface area contributed by atoms with Crippen LogP contribution in [-0.2, 0) is 32.3 Å². The predicted octanol–water partition coefficient (Wildman–Crippen LogP) is 4.33. The number of benzene rings is 2. The molecule has 2 amide bonds. The predicted molar refractivity (Wildman–Crippen MR) is 133 cm³/mol. The van der Waals surface area contributed by atoms with E-state index in [2.05, 4.69) is 5.32 Å². The van der Waals surface area contributed by atoms with Crippen LogP contribution in [0, 0.1) is 5.82 Å². The summed E-state index contributed by atoms with van der Waals surface area (Å²) in [6, 6.07) is 7.80. The van der Waals surface area contributed by atoms with Gasteiger partial charge in [-0.3, -0.25) is 13.9 Å². The Hall–Kier alpha value is -3.15. The molecule has 0 bridgehead atoms. The zero-order chi connectivity index (χ0) is 28.2. The molecule has 0 aliphatic rings. The Kier molecular flexibility index (Phi) is 9.34. The van der Waals surface area contributed by atoms with Gasteiger partial charge in [0.1, 0.15) is 18.4 Å². The van der Waals surface area contributed by atoms with Crippen LogP contribution in [0.25, 0.3) is 0 Å². The van der Waals surface area contributed by atoms with Gasteiger partial charge in [0.15, 0.2) is 0 Å². The van der Waals surface area contributed by atoms with Crippen LogP contribution in [0.5, 0.6) is 0 Å². The topological polar surface area (TPSA) is 86.8 Å². The van der Waals surface area contributed by atoms with E-state index in [0.717, 1.165) is 29.4 Å². The third kappa shape index (κ3) is 8.73. The van der Waals surface area contributed by atoms with Crippen molar-refractivity contribution >= 4 is 27.5 Å². The minimum atomic E-state index is -4.73. The van der Waals surface area contributed by atoms with E-state index in [4.69, 9.17) is 0 Å². The highest BCUT2D eigenvalue weighted by Crippen LogP contribution is 2.32. The lowest BCUT2D eigenvalue weighted by atomic mass is 10.1. The lowest BCUT2D eigenvalue weighted by molar-refractivity contribution is -0.141. The first-order valence-corrected chi connectivity index (χ1v) is 13.3. The second-order valence-electron chi connectivity index (χ2n) is 9.63. The Morgan fingerprint density at radius 1 is 1.03 bits per heavy atom. The lowest BCUT2D eigenvalue weighted by Crippen LogP contribution is -2.55. The third-order valence-electron chi connectivity index (χ3n) is 5.29. The quantitative estimate of drug-likeness (QED) is 0.476. The molecule has 1 N–H and O–H groups in total. The molecule has 0 aliphatic carbocycles. The summed E-state index contributed by atoms with van der Waals surface area (Å²) < 4.78 is 78.9. The molecule has 2 aromatic rings. The van der Waals surface area contributed by atoms with Crippen LogP contribution in [0.3, 0.4) is 0 Å². The van der Waals surface area contributed by atoms with Crippen LogP contribution < -0.4 is 9.62 Å². The van der Waals surface area contributed by atoms with Gasteiger partial charge < -0.3 is 10.2 Å². The molecular weight excluding hydrogens is 514 g/mol. The van der Waals surface area contributed by atoms with Crippen molar-refractivity contribution in [1.29, 1.82) is 0 Å². The van der Waals surface area contributed by atoms with E-state index in [-0.39, 0.29) is 18.7 Å². The monoisotopic (exact) mass is 545 g/mol. The summed E-state index contributed by atoms with van der Waals surface area (Å²) in [4.78, 5) is 27.8. The Balaban J connectivity index is 2.50. The largest absolute Gasteiger partial charge is 0.416 e. The molecular formula is C25H31F4N3O4S. The molecule has 0 aromatic heterocycles. The second-order valence-corrected chi connectivity index (χ2v) is 11.5. The van der Waals surface area contributed by atoms with Crippen molar-refractivity contribution in [2.75, 3.05) is 17.1 Å². The van der Waals surface area contributed by atoms with Gasteiger partial charge in [0, 0.05) is 12.1 Å². The molecule has 204 valence electrons. The fourth-order valence-corrected chi connectivity index (χ4v) is 4.45. The van der Waals surface area contributed by atoms with Gasteiger partial charge >= 0.3 is 6.18 Å². The van der Waals surface area contributed by atoms with Crippen molar-refractivity contribution in [2.45, 2.75) is 58.4 Å². The average Bonchev–Trinajstić information content (AvgIpc) is 2.76. The maximum Gasteiger partial charge on any atom is 0.416 e. The number of anilines is 1. The standard InChI is InChI=1S/C25H31F4N3O4S/c1-6-21(23(34)30-24(2,3)4)31(15-17-10-12-19(26)13-11-17)22(33)16-32(37(5,35)36)20-9-7-8-18(14-20)25(27,28)29/h7-14,21H,6,15-16H2,1-5H3,(H,30,34). The van der Waals surface area contributed by atoms with Gasteiger partial charge in [-0.1, -0.05) is 25.1 Å². The normalized spacial score (nSPS) is 13.1. The van der Waals surface area contributed by atoms with Crippen LogP contribution >= 0.6 is 0 Å². The van der Waals surface area contributed by atoms with Crippen molar-refractivity contribution in [3.63, 3.8) is 0 Å². The van der Waals surface area contributed by atoms with E-state index in [1.54, 1.807) is 27.7 Å². The highest BCUT2D eigenvalue weighted by Gasteiger charge is 2.35. The number of nitrogens with one attached hydrogen (secondary N) is 1. The molecule has 0 radical (unpaired) electrons. The summed E-state index contributed by atoms with van der Waals surface area (Å²) in [5.74, 6) is -1.81. The first-order valence-electron chi connectivity index (χ1n) is 11.4. The molecule has 1 unspecified atom stereocenters. The summed E-state index contributed by atoms with van der Waals surface area (Å²) in [6.45, 7) is 5.92. The number of amides is 2. The van der Waals surface area contributed by atoms with E-state index >= 15 is 0 Å². The number of hydrogen-bond acceptors (Lipinski definition) is 4. The molecule has 0 saturated carbocycles. The smallest absolute Gasteiger partial charge is 0.350 e. The van der Waals surface area contributed by atoms with E-state index in [9.17, 15) is 35.6 Å². The van der Waals surface area contributed by atoms with Crippen molar-refractivity contribution in [1.82, 2.24) is 10.2 Å². The number of rotatable bonds is 9. The molecule has 2 aromatic carbocycles. The SMILES string of the molecule is CCC(C(=O)NC(C)(C)C)N(Cc1ccc(F)cc1)C(=O)CN(c1cccc(C(F)(F)F)c1)S(C)(=O)=O. The van der Waals surface area contributed by atoms with Crippen LogP contribution in [0.1, 0.15) is 45.2 Å². The number of carbonyl (C=O) groups is 2. The Bertz CT molecular complexity index is 1210. The molecule has 0 heterocycles. The highest BCUT2D eigenvalue weighted by molar-refractivity contribution is 7.92. The summed E-state index contributed by atoms with van der Waals surface area (Å²) in [6.07, 6.45) is -3.79. The molecule has 0 saturated heterocycles. The number of carbonyl (C=O) groups excluding carboxylic acids is 2. The van der Waals surface area contributed by atoms with Crippen LogP contribution in [-0.4, -0.2) is 49.5 Å². The maximum absolute atomic E-state index is 13.5. The Morgan fingerprint density at radius 3 is 2.11 bits per heavy atom. The van der Waals surface area contributed by atoms with Crippen LogP contribution in [0.2, 0.25) is 0 Å². The first-order chi connectivity index (χ1) is 16.9. The van der Waals surface area contributed by atoms with Crippen LogP contribution in [0.15, 0.2) is 48.5 Å². The average molecular weight is 546 g/mol. The van der Waals surface area contributed by atoms with Crippen molar-refractivity contribution in [3.05, 3.63) is 65.5 Å². The molecule has 0 fully saturated rings. The van der Waals surface area contributed by atoms with Gasteiger partial charge in [-0.05, 0) is 63.1 Å². The molecule has 7 nitrogen and oxygen atoms in total. The molecule has 37 heavy (non-hydrogen) atoms. The second kappa shape index (κ2) is 11.5. The minimum Gasteiger partial charge on any atom is -0.350 e. The van der Waals surface area contributed by atoms with Crippen molar-refractivity contribution < 1.29 is 35.6 Å². The summed E-state index contributed by atoms with van der Waals surface area (Å²) >= 11 is 0. The summed E-state index contributed by atoms with van der Waals surface area (Å²) in [5, 5.41) is 2.79. The fraction of sp³-hybridized carbons (Fsp3) is 0.440. The molecule has 12 heteroatoms. The minimum absolute atomic E-state index is 0.157. The molecule has 0 spiro atoms. The van der Waals surface area contributed by atoms with E-state index in [0.29, 0.717) is 15.9 Å². The summed E-state index contributed by atoms with van der Waals surface area (Å²) in [7, 11) is -4.20. The van der Waals surface area contributed by atoms with Gasteiger partial charge in [-0.15, -0.1) is 0 Å². The van der Waals surface area contributed by atoms with E-state index in [1.807, 2.05) is 0 Å². The first kappa shape index (κ1) is 30.1. The van der Waals surface area contributed by atoms with E-state index in [1.165, 1.54) is 24.3 Å². The van der Waals surface area contributed by atoms with Gasteiger partial charge in [0.25, 0.3) is 0 Å². The third-order valence-corrected chi connectivity index (χ3v) is 6.43. The highest BCUT2D eigenvalue weighted by atomic mass is 32.2. The number of alkyl halides is 3.